The first-order valence-corrected chi connectivity index (χ1v) is 9.91. The summed E-state index contributed by atoms with van der Waals surface area (Å²) in [6.07, 6.45) is 4.23. The number of amides is 2. The van der Waals surface area contributed by atoms with Crippen molar-refractivity contribution in [1.82, 2.24) is 5.32 Å². The highest BCUT2D eigenvalue weighted by Crippen LogP contribution is 2.31. The molecular formula is C22H30N2O5. The topological polar surface area (TPSA) is 105 Å². The maximum atomic E-state index is 13.0. The van der Waals surface area contributed by atoms with E-state index < -0.39 is 23.2 Å². The number of carbonyl (C=O) groups is 3. The number of hydrogen-bond donors (Lipinski definition) is 3. The molecule has 158 valence electrons. The minimum absolute atomic E-state index is 0.274. The molecule has 29 heavy (non-hydrogen) atoms. The van der Waals surface area contributed by atoms with Gasteiger partial charge in [0.15, 0.2) is 0 Å². The highest BCUT2D eigenvalue weighted by Gasteiger charge is 2.43. The predicted octanol–water partition coefficient (Wildman–Crippen LogP) is 4.34. The maximum Gasteiger partial charge on any atom is 0.408 e. The zero-order chi connectivity index (χ0) is 21.7. The first kappa shape index (κ1) is 22.5. The van der Waals surface area contributed by atoms with Gasteiger partial charge in [0.1, 0.15) is 11.1 Å². The van der Waals surface area contributed by atoms with Gasteiger partial charge in [0.05, 0.1) is 0 Å². The first-order chi connectivity index (χ1) is 13.5. The van der Waals surface area contributed by atoms with Crippen LogP contribution >= 0.6 is 0 Å². The summed E-state index contributed by atoms with van der Waals surface area (Å²) in [7, 11) is 0. The summed E-state index contributed by atoms with van der Waals surface area (Å²) < 4.78 is 5.32. The van der Waals surface area contributed by atoms with E-state index in [1.54, 1.807) is 58.0 Å². The Labute approximate surface area is 171 Å². The van der Waals surface area contributed by atoms with Crippen LogP contribution in [0, 0.1) is 0 Å². The zero-order valence-electron chi connectivity index (χ0n) is 17.5. The molecule has 1 aromatic carbocycles. The quantitative estimate of drug-likeness (QED) is 0.614. The lowest BCUT2D eigenvalue weighted by molar-refractivity contribution is -0.132. The molecule has 7 heteroatoms. The minimum atomic E-state index is -0.987. The van der Waals surface area contributed by atoms with Crippen LogP contribution in [-0.2, 0) is 14.3 Å². The van der Waals surface area contributed by atoms with Gasteiger partial charge in [0, 0.05) is 11.3 Å². The van der Waals surface area contributed by atoms with E-state index in [9.17, 15) is 14.4 Å². The molecule has 1 aromatic rings. The van der Waals surface area contributed by atoms with Gasteiger partial charge >= 0.3 is 12.1 Å². The molecule has 0 spiro atoms. The fraction of sp³-hybridized carbons (Fsp3) is 0.500. The predicted molar refractivity (Wildman–Crippen MR) is 112 cm³/mol. The Balaban J connectivity index is 2.10. The van der Waals surface area contributed by atoms with Crippen LogP contribution in [0.2, 0.25) is 0 Å². The summed E-state index contributed by atoms with van der Waals surface area (Å²) in [5.74, 6) is -1.22. The van der Waals surface area contributed by atoms with Crippen molar-refractivity contribution in [1.29, 1.82) is 0 Å². The third-order valence-corrected chi connectivity index (χ3v) is 4.80. The van der Waals surface area contributed by atoms with E-state index in [-0.39, 0.29) is 5.91 Å². The van der Waals surface area contributed by atoms with Crippen molar-refractivity contribution >= 4 is 29.7 Å². The van der Waals surface area contributed by atoms with E-state index >= 15 is 0 Å². The van der Waals surface area contributed by atoms with E-state index in [0.29, 0.717) is 30.5 Å². The number of alkyl carbamates (subject to hydrolysis) is 1. The van der Waals surface area contributed by atoms with Gasteiger partial charge in [0.25, 0.3) is 0 Å². The first-order valence-electron chi connectivity index (χ1n) is 9.91. The lowest BCUT2D eigenvalue weighted by Gasteiger charge is -2.30. The van der Waals surface area contributed by atoms with Crippen LogP contribution in [0.4, 0.5) is 10.5 Å². The molecular weight excluding hydrogens is 372 g/mol. The van der Waals surface area contributed by atoms with Crippen LogP contribution in [0.5, 0.6) is 0 Å². The Hall–Kier alpha value is -2.83. The Morgan fingerprint density at radius 3 is 2.21 bits per heavy atom. The number of hydrogen-bond acceptors (Lipinski definition) is 4. The second kappa shape index (κ2) is 9.11. The molecule has 2 amide bonds. The van der Waals surface area contributed by atoms with Crippen LogP contribution in [-0.4, -0.2) is 34.2 Å². The molecule has 7 nitrogen and oxygen atoms in total. The fourth-order valence-corrected chi connectivity index (χ4v) is 3.32. The van der Waals surface area contributed by atoms with Gasteiger partial charge in [-0.3, -0.25) is 4.79 Å². The monoisotopic (exact) mass is 402 g/mol. The van der Waals surface area contributed by atoms with Crippen molar-refractivity contribution in [2.45, 2.75) is 70.9 Å². The van der Waals surface area contributed by atoms with Gasteiger partial charge in [-0.15, -0.1) is 0 Å². The molecule has 0 heterocycles. The standard InChI is InChI=1S/C22H30N2O5/c1-5-16(18(25)26)14-15-8-10-17(11-9-15)23-19(27)22(12-6-7-13-22)24-20(28)29-21(2,3)4/h8-11,14H,5-7,12-13H2,1-4H3,(H,23,27)(H,24,28)(H,25,26). The second-order valence-electron chi connectivity index (χ2n) is 8.32. The van der Waals surface area contributed by atoms with Gasteiger partial charge < -0.3 is 20.5 Å². The molecule has 0 bridgehead atoms. The summed E-state index contributed by atoms with van der Waals surface area (Å²) in [5.41, 5.74) is 0.00657. The van der Waals surface area contributed by atoms with Crippen molar-refractivity contribution in [3.63, 3.8) is 0 Å². The molecule has 0 unspecified atom stereocenters. The van der Waals surface area contributed by atoms with Crippen LogP contribution in [0.25, 0.3) is 6.08 Å². The number of nitrogens with one attached hydrogen (secondary N) is 2. The number of rotatable bonds is 6. The van der Waals surface area contributed by atoms with Crippen molar-refractivity contribution in [2.24, 2.45) is 0 Å². The van der Waals surface area contributed by atoms with Gasteiger partial charge in [-0.2, -0.15) is 0 Å². The van der Waals surface area contributed by atoms with Crippen molar-refractivity contribution in [3.8, 4) is 0 Å². The number of benzene rings is 1. The molecule has 1 fully saturated rings. The average molecular weight is 402 g/mol. The van der Waals surface area contributed by atoms with Gasteiger partial charge in [-0.05, 0) is 63.8 Å². The van der Waals surface area contributed by atoms with Gasteiger partial charge in [0.2, 0.25) is 5.91 Å². The largest absolute Gasteiger partial charge is 0.478 e. The smallest absolute Gasteiger partial charge is 0.408 e. The number of carboxylic acid groups (broad SMARTS) is 1. The molecule has 1 saturated carbocycles. The Morgan fingerprint density at radius 2 is 1.72 bits per heavy atom. The molecule has 2 rings (SSSR count). The summed E-state index contributed by atoms with van der Waals surface area (Å²) in [5, 5.41) is 14.8. The molecule has 0 radical (unpaired) electrons. The van der Waals surface area contributed by atoms with Crippen LogP contribution in [0.3, 0.4) is 0 Å². The van der Waals surface area contributed by atoms with Gasteiger partial charge in [-0.1, -0.05) is 31.9 Å². The fourth-order valence-electron chi connectivity index (χ4n) is 3.32. The molecule has 0 saturated heterocycles. The number of aliphatic carboxylic acids is 1. The summed E-state index contributed by atoms with van der Waals surface area (Å²) >= 11 is 0. The summed E-state index contributed by atoms with van der Waals surface area (Å²) in [6.45, 7) is 7.11. The summed E-state index contributed by atoms with van der Waals surface area (Å²) in [4.78, 5) is 36.3. The number of ether oxygens (including phenoxy) is 1. The lowest BCUT2D eigenvalue weighted by Crippen LogP contribution is -2.55. The highest BCUT2D eigenvalue weighted by atomic mass is 16.6. The Kier molecular flexibility index (Phi) is 7.06. The molecule has 1 aliphatic carbocycles. The van der Waals surface area contributed by atoms with Crippen molar-refractivity contribution in [2.75, 3.05) is 5.32 Å². The number of anilines is 1. The third-order valence-electron chi connectivity index (χ3n) is 4.80. The van der Waals surface area contributed by atoms with Crippen LogP contribution in [0.15, 0.2) is 29.8 Å². The zero-order valence-corrected chi connectivity index (χ0v) is 17.5. The van der Waals surface area contributed by atoms with E-state index in [0.717, 1.165) is 18.4 Å². The third kappa shape index (κ3) is 6.34. The van der Waals surface area contributed by atoms with E-state index in [4.69, 9.17) is 9.84 Å². The van der Waals surface area contributed by atoms with Gasteiger partial charge in [-0.25, -0.2) is 9.59 Å². The van der Waals surface area contributed by atoms with Crippen molar-refractivity contribution < 1.29 is 24.2 Å². The number of carboxylic acids is 1. The molecule has 1 aliphatic rings. The lowest BCUT2D eigenvalue weighted by atomic mass is 9.96. The molecule has 3 N–H and O–H groups in total. The molecule has 0 atom stereocenters. The average Bonchev–Trinajstić information content (AvgIpc) is 3.08. The van der Waals surface area contributed by atoms with Crippen LogP contribution < -0.4 is 10.6 Å². The molecule has 0 aromatic heterocycles. The Morgan fingerprint density at radius 1 is 1.14 bits per heavy atom. The van der Waals surface area contributed by atoms with E-state index in [1.165, 1.54) is 0 Å². The van der Waals surface area contributed by atoms with E-state index in [2.05, 4.69) is 10.6 Å². The number of carbonyl (C=O) groups excluding carboxylic acids is 2. The highest BCUT2D eigenvalue weighted by molar-refractivity contribution is 6.00. The van der Waals surface area contributed by atoms with Crippen LogP contribution in [0.1, 0.15) is 65.4 Å². The second-order valence-corrected chi connectivity index (χ2v) is 8.32. The normalized spacial score (nSPS) is 16.2. The SMILES string of the molecule is CCC(=Cc1ccc(NC(=O)C2(NC(=O)OC(C)(C)C)CCCC2)cc1)C(=O)O. The molecule has 0 aliphatic heterocycles. The van der Waals surface area contributed by atoms with E-state index in [1.807, 2.05) is 0 Å². The minimum Gasteiger partial charge on any atom is -0.478 e. The summed E-state index contributed by atoms with van der Waals surface area (Å²) in [6, 6.07) is 6.93. The Bertz CT molecular complexity index is 784. The maximum absolute atomic E-state index is 13.0. The van der Waals surface area contributed by atoms with Crippen molar-refractivity contribution in [3.05, 3.63) is 35.4 Å².